The fraction of sp³-hybridized carbons (Fsp3) is 0.263. The Bertz CT molecular complexity index is 2480. The van der Waals surface area contributed by atoms with E-state index in [1.165, 1.54) is 36.4 Å². The number of aromatic nitrogens is 4. The van der Waals surface area contributed by atoms with Gasteiger partial charge in [0.2, 0.25) is 0 Å². The molecule has 0 aromatic carbocycles. The molecule has 6 rings (SSSR count). The predicted molar refractivity (Wildman–Crippen MR) is 243 cm³/mol. The number of hydrogen-bond acceptors (Lipinski definition) is 22. The molecule has 0 unspecified atom stereocenters. The Kier molecular flexibility index (Phi) is 30.3. The van der Waals surface area contributed by atoms with Gasteiger partial charge in [0.25, 0.3) is 23.6 Å². The van der Waals surface area contributed by atoms with Crippen LogP contribution in [0.15, 0.2) is 93.4 Å². The second-order valence-electron chi connectivity index (χ2n) is 12.9. The summed E-state index contributed by atoms with van der Waals surface area (Å²) in [6, 6.07) is 19.5. The summed E-state index contributed by atoms with van der Waals surface area (Å²) in [5.74, 6) is -2.15. The molecule has 8 bridgehead atoms. The maximum absolute atomic E-state index is 12.0. The molecule has 4 aromatic rings. The minimum absolute atomic E-state index is 0. The number of carbonyl (C=O) groups is 4. The van der Waals surface area contributed by atoms with Crippen molar-refractivity contribution in [2.24, 2.45) is 20.6 Å². The van der Waals surface area contributed by atoms with Gasteiger partial charge in [0.1, 0.15) is 48.1 Å². The molecule has 10 N–H and O–H groups in total. The Morgan fingerprint density at radius 3 is 0.813 bits per heavy atom. The molecule has 37 heteroatoms. The van der Waals surface area contributed by atoms with E-state index >= 15 is 0 Å². The highest BCUT2D eigenvalue weighted by Gasteiger charge is 2.37. The van der Waals surface area contributed by atoms with Gasteiger partial charge in [0.05, 0.1) is 51.0 Å². The number of rotatable bonds is 0. The van der Waals surface area contributed by atoms with Crippen LogP contribution in [0.25, 0.3) is 0 Å². The molecule has 29 nitrogen and oxygen atoms in total. The molecule has 0 saturated heterocycles. The van der Waals surface area contributed by atoms with Gasteiger partial charge in [0.15, 0.2) is 46.7 Å². The highest BCUT2D eigenvalue weighted by molar-refractivity contribution is 7.86. The van der Waals surface area contributed by atoms with Crippen LogP contribution in [0.2, 0.25) is 0 Å². The summed E-state index contributed by atoms with van der Waals surface area (Å²) in [4.78, 5) is 84.9. The van der Waals surface area contributed by atoms with Crippen molar-refractivity contribution in [2.45, 2.75) is 37.4 Å². The first-order valence-corrected chi connectivity index (χ1v) is 22.7. The third-order valence-electron chi connectivity index (χ3n) is 6.87. The zero-order chi connectivity index (χ0) is 55.8. The van der Waals surface area contributed by atoms with Crippen molar-refractivity contribution in [3.8, 4) is 0 Å². The highest BCUT2D eigenvalue weighted by atomic mass is 32.2. The van der Waals surface area contributed by atoms with Gasteiger partial charge >= 0.3 is 11.0 Å². The van der Waals surface area contributed by atoms with Crippen LogP contribution in [0.1, 0.15) is 64.7 Å². The Hall–Kier alpha value is -8.36. The lowest BCUT2D eigenvalue weighted by atomic mass is 10.3. The Morgan fingerprint density at radius 2 is 0.627 bits per heavy atom. The van der Waals surface area contributed by atoms with Crippen molar-refractivity contribution < 1.29 is 107 Å². The molecule has 75 heavy (non-hydrogen) atoms. The zero-order valence-electron chi connectivity index (χ0n) is 39.1. The van der Waals surface area contributed by atoms with Crippen molar-refractivity contribution in [1.29, 1.82) is 0 Å². The highest BCUT2D eigenvalue weighted by Crippen LogP contribution is 2.21. The number of quaternary nitrogens is 2. The number of halogens is 6. The number of nitrogens with two attached hydrogens (primary N) is 2. The minimum atomic E-state index is -6.09. The average Bonchev–Trinajstić information content (AvgIpc) is 3.33. The van der Waals surface area contributed by atoms with Crippen LogP contribution in [-0.4, -0.2) is 140 Å². The minimum Gasteiger partial charge on any atom is -0.741 e. The summed E-state index contributed by atoms with van der Waals surface area (Å²) in [6.45, 7) is 0.473. The van der Waals surface area contributed by atoms with Gasteiger partial charge in [-0.05, 0) is 48.5 Å². The Morgan fingerprint density at radius 1 is 0.440 bits per heavy atom. The van der Waals surface area contributed by atoms with E-state index in [1.807, 2.05) is 38.8 Å². The maximum Gasteiger partial charge on any atom is 0.485 e. The largest absolute Gasteiger partial charge is 0.741 e. The van der Waals surface area contributed by atoms with Crippen molar-refractivity contribution in [2.75, 3.05) is 28.2 Å². The number of fused-ring (bicyclic) bond motifs is 8. The van der Waals surface area contributed by atoms with E-state index < -0.39 is 54.9 Å². The molecule has 0 aliphatic carbocycles. The number of alkyl halides is 6. The Labute approximate surface area is 421 Å². The smallest absolute Gasteiger partial charge is 0.485 e. The second kappa shape index (κ2) is 34.1. The SMILES string of the molecule is C[NH2+]C.C[NH2+]C.O.O=C1N/C=N\OCc2cccc(n2)CO/N=C\NC(=O)c2cccc1n2.O=C1N/C=N\OCc2cccc(n2)CO/N=C\NC(=O)c2cccc1n2.O=S(=O)([O-])C(F)(F)F.O=S(=O)([O-])C(F)(F)F. The number of nitrogens with one attached hydrogen (secondary N) is 4. The lowest BCUT2D eigenvalue weighted by Crippen LogP contribution is -2.74. The molecule has 0 spiro atoms. The lowest BCUT2D eigenvalue weighted by molar-refractivity contribution is -0.597. The Balaban J connectivity index is 0.00000104. The van der Waals surface area contributed by atoms with Gasteiger partial charge in [-0.1, -0.05) is 44.9 Å². The normalized spacial score (nSPS) is 15.5. The molecule has 4 amide bonds. The number of carbonyl (C=O) groups excluding carboxylic acids is 4. The molecule has 4 aromatic heterocycles. The quantitative estimate of drug-likeness (QED) is 0.0632. The molecule has 0 atom stereocenters. The van der Waals surface area contributed by atoms with E-state index in [-0.39, 0.29) is 54.7 Å². The van der Waals surface area contributed by atoms with Gasteiger partial charge in [-0.2, -0.15) is 26.3 Å². The molecular weight excluding hydrogens is 1070 g/mol. The van der Waals surface area contributed by atoms with Gasteiger partial charge in [-0.15, -0.1) is 0 Å². The lowest BCUT2D eigenvalue weighted by Gasteiger charge is -2.08. The first kappa shape index (κ1) is 66.6. The maximum atomic E-state index is 12.0. The van der Waals surface area contributed by atoms with Gasteiger partial charge in [-0.25, -0.2) is 26.8 Å². The number of pyridine rings is 4. The first-order chi connectivity index (χ1) is 34.8. The average molecular weight is 1120 g/mol. The summed E-state index contributed by atoms with van der Waals surface area (Å²) < 4.78 is 118. The van der Waals surface area contributed by atoms with E-state index in [9.17, 15) is 45.5 Å². The second-order valence-corrected chi connectivity index (χ2v) is 15.7. The van der Waals surface area contributed by atoms with E-state index in [0.29, 0.717) is 22.8 Å². The van der Waals surface area contributed by atoms with Crippen molar-refractivity contribution in [3.05, 3.63) is 118 Å². The summed E-state index contributed by atoms with van der Waals surface area (Å²) in [7, 11) is -4.18. The molecular formula is C38H46F6N14O15S2. The van der Waals surface area contributed by atoms with Crippen LogP contribution < -0.4 is 31.9 Å². The van der Waals surface area contributed by atoms with Gasteiger partial charge in [-0.3, -0.25) is 29.1 Å². The topological polar surface area (TPSA) is 433 Å². The van der Waals surface area contributed by atoms with Crippen LogP contribution in [0.3, 0.4) is 0 Å². The third-order valence-corrected chi connectivity index (χ3v) is 8.00. The number of amides is 4. The van der Waals surface area contributed by atoms with E-state index in [1.54, 1.807) is 36.4 Å². The third kappa shape index (κ3) is 27.9. The number of oxime groups is 4. The molecule has 2 aliphatic rings. The number of hydrogen-bond donors (Lipinski definition) is 6. The molecule has 412 valence electrons. The van der Waals surface area contributed by atoms with Gasteiger partial charge in [0, 0.05) is 0 Å². The van der Waals surface area contributed by atoms with Crippen LogP contribution in [0.5, 0.6) is 0 Å². The van der Waals surface area contributed by atoms with E-state index in [2.05, 4.69) is 61.8 Å². The molecule has 2 aliphatic heterocycles. The molecule has 0 radical (unpaired) electrons. The van der Waals surface area contributed by atoms with E-state index in [4.69, 9.17) is 45.3 Å². The van der Waals surface area contributed by atoms with E-state index in [0.717, 1.165) is 25.4 Å². The van der Waals surface area contributed by atoms with Crippen molar-refractivity contribution in [3.63, 3.8) is 0 Å². The van der Waals surface area contributed by atoms with Crippen molar-refractivity contribution >= 4 is 69.2 Å². The monoisotopic (exact) mass is 1120 g/mol. The first-order valence-electron chi connectivity index (χ1n) is 19.9. The fourth-order valence-corrected chi connectivity index (χ4v) is 3.95. The standard InChI is InChI=1S/2C16H14N6O4.2C2H7N.2CHF3O3S.H2O/c2*23-15-13-5-2-6-14(22-13)16(24)18-10-20-26-8-12-4-1-3-11(21-12)7-25-19-9-17-15;2*1-3-2;2*2-1(3,4)8(5,6)7;/h2*1-6,9-10H,7-8H2,(H,17,19,23)(H,18,20,24);2*3H,1-2H3;2*(H,5,6,7);1H2. The van der Waals surface area contributed by atoms with Crippen LogP contribution in [0.4, 0.5) is 26.3 Å². The fourth-order valence-electron chi connectivity index (χ4n) is 3.95. The summed E-state index contributed by atoms with van der Waals surface area (Å²) >= 11 is 0. The summed E-state index contributed by atoms with van der Waals surface area (Å²) in [5, 5.41) is 28.1. The number of nitrogens with zero attached hydrogens (tertiary/aromatic N) is 8. The van der Waals surface area contributed by atoms with Crippen LogP contribution >= 0.6 is 0 Å². The summed E-state index contributed by atoms with van der Waals surface area (Å²) in [6.07, 6.45) is 4.39. The zero-order valence-corrected chi connectivity index (χ0v) is 40.7. The summed E-state index contributed by atoms with van der Waals surface area (Å²) in [5.41, 5.74) is -8.59. The van der Waals surface area contributed by atoms with Gasteiger partial charge < -0.3 is 65.8 Å². The molecule has 6 heterocycles. The van der Waals surface area contributed by atoms with Crippen LogP contribution in [-0.2, 0) is 66.0 Å². The van der Waals surface area contributed by atoms with Crippen molar-refractivity contribution in [1.82, 2.24) is 41.2 Å². The molecule has 0 fully saturated rings. The predicted octanol–water partition coefficient (Wildman–Crippen LogP) is -1.96. The van der Waals surface area contributed by atoms with Crippen LogP contribution in [0, 0.1) is 0 Å². The molecule has 0 saturated carbocycles.